The summed E-state index contributed by atoms with van der Waals surface area (Å²) < 4.78 is 24.5. The van der Waals surface area contributed by atoms with E-state index in [1.165, 1.54) is 0 Å². The SMILES string of the molecule is O=C(NCCP(=O)(O)CC(Cc1ccc(Br)cc1)C(=O)OCc1ccccc1)OCc1ccccc1. The van der Waals surface area contributed by atoms with Crippen LogP contribution in [-0.4, -0.2) is 35.8 Å². The first-order valence-electron chi connectivity index (χ1n) is 11.5. The Balaban J connectivity index is 1.54. The van der Waals surface area contributed by atoms with E-state index in [1.807, 2.05) is 84.9 Å². The lowest BCUT2D eigenvalue weighted by Crippen LogP contribution is -2.29. The molecule has 1 amide bonds. The molecular weight excluding hydrogens is 545 g/mol. The van der Waals surface area contributed by atoms with Crippen molar-refractivity contribution in [1.29, 1.82) is 0 Å². The van der Waals surface area contributed by atoms with Crippen molar-refractivity contribution in [2.75, 3.05) is 18.9 Å². The van der Waals surface area contributed by atoms with Gasteiger partial charge in [0, 0.05) is 23.3 Å². The lowest BCUT2D eigenvalue weighted by Gasteiger charge is -2.20. The van der Waals surface area contributed by atoms with E-state index in [0.717, 1.165) is 21.2 Å². The minimum absolute atomic E-state index is 0.0501. The zero-order chi connectivity index (χ0) is 25.8. The van der Waals surface area contributed by atoms with Crippen molar-refractivity contribution in [2.45, 2.75) is 19.6 Å². The molecule has 2 N–H and O–H groups in total. The topological polar surface area (TPSA) is 102 Å². The molecule has 3 aromatic rings. The fourth-order valence-corrected chi connectivity index (χ4v) is 5.39. The molecule has 9 heteroatoms. The van der Waals surface area contributed by atoms with Crippen molar-refractivity contribution in [2.24, 2.45) is 5.92 Å². The predicted molar refractivity (Wildman–Crippen MR) is 142 cm³/mol. The molecule has 3 rings (SSSR count). The van der Waals surface area contributed by atoms with Gasteiger partial charge in [-0.3, -0.25) is 9.36 Å². The van der Waals surface area contributed by atoms with Crippen LogP contribution in [0.25, 0.3) is 0 Å². The molecule has 0 aliphatic heterocycles. The van der Waals surface area contributed by atoms with Crippen LogP contribution in [0.15, 0.2) is 89.4 Å². The van der Waals surface area contributed by atoms with Crippen LogP contribution in [0.3, 0.4) is 0 Å². The third-order valence-electron chi connectivity index (χ3n) is 5.40. The van der Waals surface area contributed by atoms with Gasteiger partial charge in [0.05, 0.1) is 5.92 Å². The molecule has 3 aromatic carbocycles. The summed E-state index contributed by atoms with van der Waals surface area (Å²) in [5.41, 5.74) is 2.52. The Labute approximate surface area is 219 Å². The highest BCUT2D eigenvalue weighted by atomic mass is 79.9. The second-order valence-electron chi connectivity index (χ2n) is 8.36. The fourth-order valence-electron chi connectivity index (χ4n) is 3.52. The predicted octanol–water partition coefficient (Wildman–Crippen LogP) is 5.55. The Morgan fingerprint density at radius 1 is 0.833 bits per heavy atom. The fraction of sp³-hybridized carbons (Fsp3) is 0.259. The van der Waals surface area contributed by atoms with Crippen LogP contribution >= 0.6 is 23.3 Å². The molecule has 7 nitrogen and oxygen atoms in total. The highest BCUT2D eigenvalue weighted by Crippen LogP contribution is 2.42. The Kier molecular flexibility index (Phi) is 10.7. The number of rotatable bonds is 12. The van der Waals surface area contributed by atoms with E-state index >= 15 is 0 Å². The van der Waals surface area contributed by atoms with Gasteiger partial charge in [-0.15, -0.1) is 0 Å². The first-order chi connectivity index (χ1) is 17.3. The molecule has 0 bridgehead atoms. The molecule has 0 aliphatic rings. The van der Waals surface area contributed by atoms with Crippen molar-refractivity contribution < 1.29 is 28.5 Å². The number of hydrogen-bond acceptors (Lipinski definition) is 5. The summed E-state index contributed by atoms with van der Waals surface area (Å²) in [6.45, 7) is 0.137. The van der Waals surface area contributed by atoms with Gasteiger partial charge in [0.25, 0.3) is 0 Å². The summed E-state index contributed by atoms with van der Waals surface area (Å²) in [4.78, 5) is 35.5. The molecule has 0 heterocycles. The average Bonchev–Trinajstić information content (AvgIpc) is 2.88. The molecule has 0 radical (unpaired) electrons. The van der Waals surface area contributed by atoms with Gasteiger partial charge in [-0.1, -0.05) is 88.7 Å². The normalized spacial score (nSPS) is 13.3. The number of nitrogens with one attached hydrogen (secondary N) is 1. The van der Waals surface area contributed by atoms with E-state index in [1.54, 1.807) is 0 Å². The summed E-state index contributed by atoms with van der Waals surface area (Å²) in [6, 6.07) is 25.9. The Morgan fingerprint density at radius 2 is 1.39 bits per heavy atom. The van der Waals surface area contributed by atoms with Crippen molar-refractivity contribution in [3.8, 4) is 0 Å². The average molecular weight is 574 g/mol. The summed E-state index contributed by atoms with van der Waals surface area (Å²) in [5.74, 6) is -1.35. The molecular formula is C27H29BrNO6P. The second kappa shape index (κ2) is 14.0. The van der Waals surface area contributed by atoms with Gasteiger partial charge >= 0.3 is 12.1 Å². The third kappa shape index (κ3) is 9.97. The smallest absolute Gasteiger partial charge is 0.407 e. The zero-order valence-corrected chi connectivity index (χ0v) is 22.2. The Bertz CT molecular complexity index is 1160. The molecule has 0 saturated heterocycles. The molecule has 0 saturated carbocycles. The molecule has 190 valence electrons. The Hall–Kier alpha value is -2.93. The number of hydrogen-bond donors (Lipinski definition) is 2. The van der Waals surface area contributed by atoms with Gasteiger partial charge in [0.1, 0.15) is 13.2 Å². The van der Waals surface area contributed by atoms with Crippen LogP contribution in [0.1, 0.15) is 16.7 Å². The largest absolute Gasteiger partial charge is 0.461 e. The number of halogens is 1. The number of esters is 1. The summed E-state index contributed by atoms with van der Waals surface area (Å²) in [7, 11) is -3.76. The summed E-state index contributed by atoms with van der Waals surface area (Å²) in [6.07, 6.45) is -0.849. The van der Waals surface area contributed by atoms with Crippen LogP contribution < -0.4 is 5.32 Å². The molecule has 0 aliphatic carbocycles. The monoisotopic (exact) mass is 573 g/mol. The van der Waals surface area contributed by atoms with E-state index < -0.39 is 25.3 Å². The number of ether oxygens (including phenoxy) is 2. The maximum atomic E-state index is 13.0. The van der Waals surface area contributed by atoms with Gasteiger partial charge in [-0.05, 0) is 35.2 Å². The van der Waals surface area contributed by atoms with Crippen LogP contribution in [-0.2, 0) is 38.5 Å². The van der Waals surface area contributed by atoms with Crippen LogP contribution in [0, 0.1) is 5.92 Å². The number of amides is 1. The molecule has 2 unspecified atom stereocenters. The summed E-state index contributed by atoms with van der Waals surface area (Å²) in [5, 5.41) is 2.50. The number of alkyl carbamates (subject to hydrolysis) is 1. The van der Waals surface area contributed by atoms with Crippen LogP contribution in [0.4, 0.5) is 4.79 Å². The lowest BCUT2D eigenvalue weighted by molar-refractivity contribution is -0.149. The van der Waals surface area contributed by atoms with Crippen LogP contribution in [0.2, 0.25) is 0 Å². The van der Waals surface area contributed by atoms with E-state index in [-0.39, 0.29) is 38.5 Å². The zero-order valence-electron chi connectivity index (χ0n) is 19.7. The van der Waals surface area contributed by atoms with Crippen molar-refractivity contribution in [3.05, 3.63) is 106 Å². The highest BCUT2D eigenvalue weighted by molar-refractivity contribution is 9.10. The lowest BCUT2D eigenvalue weighted by atomic mass is 10.0. The number of carbonyl (C=O) groups is 2. The molecule has 0 aromatic heterocycles. The Morgan fingerprint density at radius 3 is 1.97 bits per heavy atom. The molecule has 0 spiro atoms. The first kappa shape index (κ1) is 27.7. The van der Waals surface area contributed by atoms with Crippen molar-refractivity contribution >= 4 is 35.4 Å². The molecule has 2 atom stereocenters. The second-order valence-corrected chi connectivity index (χ2v) is 11.8. The minimum Gasteiger partial charge on any atom is -0.461 e. The van der Waals surface area contributed by atoms with Gasteiger partial charge in [0.2, 0.25) is 7.37 Å². The number of benzene rings is 3. The molecule has 0 fully saturated rings. The van der Waals surface area contributed by atoms with Crippen molar-refractivity contribution in [1.82, 2.24) is 5.32 Å². The van der Waals surface area contributed by atoms with Gasteiger partial charge in [-0.25, -0.2) is 4.79 Å². The quantitative estimate of drug-likeness (QED) is 0.217. The molecule has 36 heavy (non-hydrogen) atoms. The summed E-state index contributed by atoms with van der Waals surface area (Å²) >= 11 is 3.38. The standard InChI is InChI=1S/C27H29BrNO6P/c28-25-13-11-21(12-14-25)17-24(26(30)34-18-22-7-3-1-4-8-22)20-36(32,33)16-15-29-27(31)35-19-23-9-5-2-6-10-23/h1-14,24H,15-20H2,(H,29,31)(H,32,33). The van der Waals surface area contributed by atoms with Gasteiger partial charge in [-0.2, -0.15) is 0 Å². The minimum atomic E-state index is -3.76. The van der Waals surface area contributed by atoms with E-state index in [4.69, 9.17) is 9.47 Å². The first-order valence-corrected chi connectivity index (χ1v) is 14.3. The van der Waals surface area contributed by atoms with Crippen LogP contribution in [0.5, 0.6) is 0 Å². The highest BCUT2D eigenvalue weighted by Gasteiger charge is 2.30. The number of carbonyl (C=O) groups excluding carboxylic acids is 2. The maximum absolute atomic E-state index is 13.0. The van der Waals surface area contributed by atoms with E-state index in [0.29, 0.717) is 0 Å². The maximum Gasteiger partial charge on any atom is 0.407 e. The van der Waals surface area contributed by atoms with Gasteiger partial charge in [0.15, 0.2) is 0 Å². The van der Waals surface area contributed by atoms with E-state index in [9.17, 15) is 19.0 Å². The van der Waals surface area contributed by atoms with Gasteiger partial charge < -0.3 is 19.7 Å². The van der Waals surface area contributed by atoms with Crippen molar-refractivity contribution in [3.63, 3.8) is 0 Å². The van der Waals surface area contributed by atoms with E-state index in [2.05, 4.69) is 21.2 Å². The third-order valence-corrected chi connectivity index (χ3v) is 7.86.